The molecule has 0 aliphatic heterocycles. The number of ether oxygens (including phenoxy) is 2. The number of pyridine rings is 1. The summed E-state index contributed by atoms with van der Waals surface area (Å²) in [5, 5.41) is 11.7. The quantitative estimate of drug-likeness (QED) is 0.691. The van der Waals surface area contributed by atoms with Gasteiger partial charge >= 0.3 is 5.97 Å². The molecule has 2 heterocycles. The number of aromatic nitrogens is 1. The molecular formula is C20H22N2O3S. The summed E-state index contributed by atoms with van der Waals surface area (Å²) >= 11 is 1.58. The highest BCUT2D eigenvalue weighted by atomic mass is 32.1. The molecule has 26 heavy (non-hydrogen) atoms. The van der Waals surface area contributed by atoms with E-state index in [1.165, 1.54) is 19.3 Å². The maximum absolute atomic E-state index is 11.7. The highest BCUT2D eigenvalue weighted by Gasteiger charge is 2.23. The monoisotopic (exact) mass is 370 g/mol. The molecule has 1 aliphatic rings. The lowest BCUT2D eigenvalue weighted by Gasteiger charge is -2.22. The third-order valence-electron chi connectivity index (χ3n) is 4.56. The van der Waals surface area contributed by atoms with Crippen LogP contribution in [0.25, 0.3) is 10.4 Å². The van der Waals surface area contributed by atoms with Crippen molar-refractivity contribution in [3.05, 3.63) is 34.8 Å². The Kier molecular flexibility index (Phi) is 6.24. The van der Waals surface area contributed by atoms with Gasteiger partial charge in [0.05, 0.1) is 6.61 Å². The van der Waals surface area contributed by atoms with Crippen LogP contribution in [-0.2, 0) is 9.53 Å². The van der Waals surface area contributed by atoms with Crippen LogP contribution in [-0.4, -0.2) is 24.2 Å². The standard InChI is InChI=1S/C20H22N2O3S/c1-2-24-19(23)13-25-20-16(12-21)15(18-9-6-10-26-18)11-17(22-20)14-7-4-3-5-8-14/h6,9-11,14H,2-5,7-8,13H2,1H3. The van der Waals surface area contributed by atoms with Gasteiger partial charge in [-0.3, -0.25) is 0 Å². The number of esters is 1. The molecule has 3 rings (SSSR count). The van der Waals surface area contributed by atoms with E-state index in [0.717, 1.165) is 29.0 Å². The van der Waals surface area contributed by atoms with E-state index in [-0.39, 0.29) is 12.5 Å². The Hall–Kier alpha value is -2.39. The molecule has 0 N–H and O–H groups in total. The molecule has 0 amide bonds. The van der Waals surface area contributed by atoms with Gasteiger partial charge in [-0.2, -0.15) is 5.26 Å². The summed E-state index contributed by atoms with van der Waals surface area (Å²) in [6.07, 6.45) is 5.84. The van der Waals surface area contributed by atoms with Crippen molar-refractivity contribution in [2.24, 2.45) is 0 Å². The van der Waals surface area contributed by atoms with E-state index in [1.54, 1.807) is 18.3 Å². The Balaban J connectivity index is 1.98. The predicted molar refractivity (Wildman–Crippen MR) is 100 cm³/mol. The zero-order valence-corrected chi connectivity index (χ0v) is 15.7. The van der Waals surface area contributed by atoms with Crippen LogP contribution in [0.2, 0.25) is 0 Å². The lowest BCUT2D eigenvalue weighted by molar-refractivity contribution is -0.145. The van der Waals surface area contributed by atoms with Crippen LogP contribution in [0, 0.1) is 11.3 Å². The molecule has 5 nitrogen and oxygen atoms in total. The van der Waals surface area contributed by atoms with Crippen LogP contribution in [0.15, 0.2) is 23.6 Å². The number of hydrogen-bond donors (Lipinski definition) is 0. The molecule has 0 saturated heterocycles. The van der Waals surface area contributed by atoms with Crippen molar-refractivity contribution in [1.82, 2.24) is 4.98 Å². The number of nitrogens with zero attached hydrogens (tertiary/aromatic N) is 2. The summed E-state index contributed by atoms with van der Waals surface area (Å²) in [6, 6.07) is 8.18. The van der Waals surface area contributed by atoms with E-state index in [4.69, 9.17) is 9.47 Å². The predicted octanol–water partition coefficient (Wildman–Crippen LogP) is 4.67. The lowest BCUT2D eigenvalue weighted by Crippen LogP contribution is -2.16. The Morgan fingerprint density at radius 2 is 2.19 bits per heavy atom. The van der Waals surface area contributed by atoms with Crippen molar-refractivity contribution in [2.75, 3.05) is 13.2 Å². The average Bonchev–Trinajstić information content (AvgIpc) is 3.21. The normalized spacial score (nSPS) is 14.6. The summed E-state index contributed by atoms with van der Waals surface area (Å²) in [6.45, 7) is 1.80. The Morgan fingerprint density at radius 3 is 2.85 bits per heavy atom. The van der Waals surface area contributed by atoms with E-state index >= 15 is 0 Å². The number of hydrogen-bond acceptors (Lipinski definition) is 6. The maximum Gasteiger partial charge on any atom is 0.344 e. The summed E-state index contributed by atoms with van der Waals surface area (Å²) in [4.78, 5) is 17.3. The first-order valence-corrected chi connectivity index (χ1v) is 9.88. The van der Waals surface area contributed by atoms with Crippen LogP contribution in [0.1, 0.15) is 56.2 Å². The number of nitriles is 1. The first-order valence-electron chi connectivity index (χ1n) is 9.00. The van der Waals surface area contributed by atoms with Gasteiger partial charge in [0.15, 0.2) is 6.61 Å². The smallest absolute Gasteiger partial charge is 0.344 e. The van der Waals surface area contributed by atoms with Crippen LogP contribution in [0.5, 0.6) is 5.88 Å². The zero-order chi connectivity index (χ0) is 18.4. The SMILES string of the molecule is CCOC(=O)COc1nc(C2CCCCC2)cc(-c2cccs2)c1C#N. The highest BCUT2D eigenvalue weighted by Crippen LogP contribution is 2.38. The Morgan fingerprint density at radius 1 is 1.38 bits per heavy atom. The van der Waals surface area contributed by atoms with Gasteiger partial charge < -0.3 is 9.47 Å². The molecular weight excluding hydrogens is 348 g/mol. The molecule has 1 saturated carbocycles. The van der Waals surface area contributed by atoms with Crippen molar-refractivity contribution in [2.45, 2.75) is 44.9 Å². The van der Waals surface area contributed by atoms with E-state index < -0.39 is 5.97 Å². The lowest BCUT2D eigenvalue weighted by atomic mass is 9.86. The first-order chi connectivity index (χ1) is 12.7. The minimum absolute atomic E-state index is 0.229. The Bertz CT molecular complexity index is 790. The third-order valence-corrected chi connectivity index (χ3v) is 5.46. The minimum Gasteiger partial charge on any atom is -0.465 e. The van der Waals surface area contributed by atoms with Crippen molar-refractivity contribution in [3.8, 4) is 22.4 Å². The van der Waals surface area contributed by atoms with Gasteiger partial charge in [0, 0.05) is 22.1 Å². The van der Waals surface area contributed by atoms with E-state index in [1.807, 2.05) is 23.6 Å². The summed E-state index contributed by atoms with van der Waals surface area (Å²) < 4.78 is 10.5. The zero-order valence-electron chi connectivity index (χ0n) is 14.9. The first kappa shape index (κ1) is 18.4. The summed E-state index contributed by atoms with van der Waals surface area (Å²) in [5.41, 5.74) is 2.15. The molecule has 0 atom stereocenters. The van der Waals surface area contributed by atoms with Gasteiger partial charge in [0.2, 0.25) is 5.88 Å². The van der Waals surface area contributed by atoms with Gasteiger partial charge in [0.25, 0.3) is 0 Å². The molecule has 0 aromatic carbocycles. The molecule has 0 unspecified atom stereocenters. The molecule has 0 bridgehead atoms. The molecule has 6 heteroatoms. The largest absolute Gasteiger partial charge is 0.465 e. The molecule has 0 radical (unpaired) electrons. The summed E-state index contributed by atoms with van der Waals surface area (Å²) in [5.74, 6) is 0.145. The number of rotatable bonds is 6. The van der Waals surface area contributed by atoms with Gasteiger partial charge in [-0.15, -0.1) is 11.3 Å². The van der Waals surface area contributed by atoms with Crippen LogP contribution in [0.4, 0.5) is 0 Å². The fraction of sp³-hybridized carbons (Fsp3) is 0.450. The average molecular weight is 370 g/mol. The summed E-state index contributed by atoms with van der Waals surface area (Å²) in [7, 11) is 0. The molecule has 2 aromatic rings. The molecule has 0 spiro atoms. The number of thiophene rings is 1. The molecule has 1 aliphatic carbocycles. The van der Waals surface area contributed by atoms with Gasteiger partial charge in [0.1, 0.15) is 11.6 Å². The van der Waals surface area contributed by atoms with Crippen molar-refractivity contribution in [3.63, 3.8) is 0 Å². The third kappa shape index (κ3) is 4.23. The topological polar surface area (TPSA) is 72.2 Å². The number of carbonyl (C=O) groups excluding carboxylic acids is 1. The van der Waals surface area contributed by atoms with Gasteiger partial charge in [-0.05, 0) is 37.3 Å². The van der Waals surface area contributed by atoms with Crippen molar-refractivity contribution in [1.29, 1.82) is 5.26 Å². The van der Waals surface area contributed by atoms with Crippen molar-refractivity contribution < 1.29 is 14.3 Å². The molecule has 2 aromatic heterocycles. The van der Waals surface area contributed by atoms with Crippen molar-refractivity contribution >= 4 is 17.3 Å². The second-order valence-corrected chi connectivity index (χ2v) is 7.24. The van der Waals surface area contributed by atoms with Gasteiger partial charge in [-0.25, -0.2) is 9.78 Å². The van der Waals surface area contributed by atoms with E-state index in [0.29, 0.717) is 18.1 Å². The maximum atomic E-state index is 11.7. The number of carbonyl (C=O) groups is 1. The second kappa shape index (κ2) is 8.81. The minimum atomic E-state index is -0.459. The molecule has 136 valence electrons. The van der Waals surface area contributed by atoms with Gasteiger partial charge in [-0.1, -0.05) is 25.3 Å². The van der Waals surface area contributed by atoms with E-state index in [9.17, 15) is 10.1 Å². The Labute approximate surface area is 157 Å². The second-order valence-electron chi connectivity index (χ2n) is 6.29. The fourth-order valence-corrected chi connectivity index (χ4v) is 4.07. The highest BCUT2D eigenvalue weighted by molar-refractivity contribution is 7.13. The van der Waals surface area contributed by atoms with Crippen LogP contribution >= 0.6 is 11.3 Å². The van der Waals surface area contributed by atoms with Crippen LogP contribution < -0.4 is 4.74 Å². The molecule has 1 fully saturated rings. The fourth-order valence-electron chi connectivity index (χ4n) is 3.32. The van der Waals surface area contributed by atoms with Crippen LogP contribution in [0.3, 0.4) is 0 Å². The van der Waals surface area contributed by atoms with E-state index in [2.05, 4.69) is 11.1 Å².